The molecule has 0 aliphatic carbocycles. The van der Waals surface area contributed by atoms with Crippen molar-refractivity contribution < 1.29 is 19.0 Å². The molecule has 2 aliphatic heterocycles. The van der Waals surface area contributed by atoms with E-state index in [1.54, 1.807) is 14.2 Å². The quantitative estimate of drug-likeness (QED) is 0.808. The number of nitrogens with zero attached hydrogens (tertiary/aromatic N) is 2. The molecule has 0 saturated carbocycles. The number of piperazine rings is 1. The van der Waals surface area contributed by atoms with Crippen LogP contribution in [-0.2, 0) is 16.1 Å². The maximum Gasteiger partial charge on any atom is 0.251 e. The molecule has 2 fully saturated rings. The van der Waals surface area contributed by atoms with Gasteiger partial charge in [0.25, 0.3) is 5.91 Å². The fourth-order valence-electron chi connectivity index (χ4n) is 3.61. The number of carbonyl (C=O) groups excluding carboxylic acids is 1. The van der Waals surface area contributed by atoms with Gasteiger partial charge >= 0.3 is 0 Å². The molecule has 2 heterocycles. The van der Waals surface area contributed by atoms with Crippen LogP contribution >= 0.6 is 0 Å². The van der Waals surface area contributed by atoms with Gasteiger partial charge in [-0.15, -0.1) is 0 Å². The summed E-state index contributed by atoms with van der Waals surface area (Å²) in [7, 11) is 3.31. The lowest BCUT2D eigenvalue weighted by atomic mass is 10.1. The summed E-state index contributed by atoms with van der Waals surface area (Å²) in [6.07, 6.45) is 1.39. The number of nitrogens with two attached hydrogens (primary N) is 1. The molecule has 1 amide bonds. The monoisotopic (exact) mass is 363 g/mol. The maximum atomic E-state index is 12.6. The van der Waals surface area contributed by atoms with Gasteiger partial charge in [0.2, 0.25) is 0 Å². The molecule has 26 heavy (non-hydrogen) atoms. The summed E-state index contributed by atoms with van der Waals surface area (Å²) < 4.78 is 16.4. The highest BCUT2D eigenvalue weighted by Gasteiger charge is 2.34. The van der Waals surface area contributed by atoms with E-state index in [0.29, 0.717) is 6.54 Å². The van der Waals surface area contributed by atoms with Crippen LogP contribution in [0.15, 0.2) is 18.2 Å². The van der Waals surface area contributed by atoms with Gasteiger partial charge in [-0.05, 0) is 30.5 Å². The van der Waals surface area contributed by atoms with Crippen LogP contribution in [0.4, 0.5) is 0 Å². The summed E-state index contributed by atoms with van der Waals surface area (Å²) in [6, 6.07) is 5.93. The van der Waals surface area contributed by atoms with E-state index in [2.05, 4.69) is 4.90 Å². The fourth-order valence-corrected chi connectivity index (χ4v) is 3.61. The van der Waals surface area contributed by atoms with Crippen LogP contribution in [0.2, 0.25) is 0 Å². The van der Waals surface area contributed by atoms with Gasteiger partial charge < -0.3 is 24.8 Å². The van der Waals surface area contributed by atoms with Crippen LogP contribution < -0.4 is 15.2 Å². The third-order valence-electron chi connectivity index (χ3n) is 5.15. The minimum absolute atomic E-state index is 0.0354. The fraction of sp³-hybridized carbons (Fsp3) is 0.632. The molecule has 0 unspecified atom stereocenters. The number of methoxy groups -OCH3 is 2. The Morgan fingerprint density at radius 1 is 1.12 bits per heavy atom. The molecule has 3 rings (SSSR count). The molecule has 0 radical (unpaired) electrons. The Labute approximate surface area is 155 Å². The topological polar surface area (TPSA) is 77.3 Å². The van der Waals surface area contributed by atoms with Gasteiger partial charge in [-0.3, -0.25) is 9.69 Å². The number of hydrogen-bond donors (Lipinski definition) is 1. The standard InChI is InChI=1S/C19H29N3O4/c1-24-16-9-14(10-17(11-16)25-2)13-21-5-7-22(8-6-21)19(23)18-4-3-15(12-20)26-18/h9-11,15,18H,3-8,12-13,20H2,1-2H3/t15-,18+/m1/s1. The third-order valence-corrected chi connectivity index (χ3v) is 5.15. The normalized spacial score (nSPS) is 23.9. The van der Waals surface area contributed by atoms with Crippen molar-refractivity contribution >= 4 is 5.91 Å². The number of ether oxygens (including phenoxy) is 3. The molecule has 0 aromatic heterocycles. The molecule has 0 spiro atoms. The molecule has 2 N–H and O–H groups in total. The van der Waals surface area contributed by atoms with Crippen molar-refractivity contribution in [2.75, 3.05) is 46.9 Å². The SMILES string of the molecule is COc1cc(CN2CCN(C(=O)[C@@H]3CC[C@H](CN)O3)CC2)cc(OC)c1. The molecule has 2 saturated heterocycles. The summed E-state index contributed by atoms with van der Waals surface area (Å²) in [6.45, 7) is 4.45. The van der Waals surface area contributed by atoms with Crippen LogP contribution in [0.25, 0.3) is 0 Å². The van der Waals surface area contributed by atoms with Crippen molar-refractivity contribution in [2.45, 2.75) is 31.6 Å². The van der Waals surface area contributed by atoms with Gasteiger partial charge in [-0.25, -0.2) is 0 Å². The highest BCUT2D eigenvalue weighted by Crippen LogP contribution is 2.24. The summed E-state index contributed by atoms with van der Waals surface area (Å²) in [5.74, 6) is 1.70. The zero-order valence-electron chi connectivity index (χ0n) is 15.6. The van der Waals surface area contributed by atoms with Crippen molar-refractivity contribution in [3.8, 4) is 11.5 Å². The Bertz CT molecular complexity index is 595. The van der Waals surface area contributed by atoms with Gasteiger partial charge in [-0.2, -0.15) is 0 Å². The first-order valence-electron chi connectivity index (χ1n) is 9.21. The van der Waals surface area contributed by atoms with Crippen LogP contribution in [0.3, 0.4) is 0 Å². The second kappa shape index (κ2) is 8.70. The molecule has 7 nitrogen and oxygen atoms in total. The number of carbonyl (C=O) groups is 1. The van der Waals surface area contributed by atoms with Crippen LogP contribution in [-0.4, -0.2) is 74.9 Å². The Balaban J connectivity index is 1.52. The molecule has 1 aromatic rings. The number of benzene rings is 1. The lowest BCUT2D eigenvalue weighted by Crippen LogP contribution is -2.51. The van der Waals surface area contributed by atoms with Gasteiger partial charge in [0.1, 0.15) is 17.6 Å². The third kappa shape index (κ3) is 4.47. The van der Waals surface area contributed by atoms with Gasteiger partial charge in [-0.1, -0.05) is 0 Å². The summed E-state index contributed by atoms with van der Waals surface area (Å²) in [5.41, 5.74) is 6.78. The Morgan fingerprint density at radius 3 is 2.31 bits per heavy atom. The van der Waals surface area contributed by atoms with Crippen molar-refractivity contribution in [1.82, 2.24) is 9.80 Å². The second-order valence-corrected chi connectivity index (χ2v) is 6.88. The highest BCUT2D eigenvalue weighted by molar-refractivity contribution is 5.81. The van der Waals surface area contributed by atoms with E-state index >= 15 is 0 Å². The van der Waals surface area contributed by atoms with Crippen molar-refractivity contribution in [3.05, 3.63) is 23.8 Å². The van der Waals surface area contributed by atoms with E-state index in [9.17, 15) is 4.79 Å². The minimum atomic E-state index is -0.308. The highest BCUT2D eigenvalue weighted by atomic mass is 16.5. The number of hydrogen-bond acceptors (Lipinski definition) is 6. The smallest absolute Gasteiger partial charge is 0.251 e. The Hall–Kier alpha value is -1.83. The minimum Gasteiger partial charge on any atom is -0.497 e. The largest absolute Gasteiger partial charge is 0.497 e. The summed E-state index contributed by atoms with van der Waals surface area (Å²) >= 11 is 0. The molecule has 2 atom stereocenters. The first-order chi connectivity index (χ1) is 12.6. The lowest BCUT2D eigenvalue weighted by molar-refractivity contribution is -0.144. The molecule has 2 aliphatic rings. The first kappa shape index (κ1) is 18.9. The molecule has 1 aromatic carbocycles. The van der Waals surface area contributed by atoms with E-state index in [1.165, 1.54) is 0 Å². The average Bonchev–Trinajstić information content (AvgIpc) is 3.17. The molecule has 7 heteroatoms. The number of rotatable bonds is 6. The molecular weight excluding hydrogens is 334 g/mol. The Kier molecular flexibility index (Phi) is 6.34. The van der Waals surface area contributed by atoms with E-state index < -0.39 is 0 Å². The van der Waals surface area contributed by atoms with Crippen LogP contribution in [0.5, 0.6) is 11.5 Å². The maximum absolute atomic E-state index is 12.6. The van der Waals surface area contributed by atoms with E-state index in [0.717, 1.165) is 62.6 Å². The molecule has 0 bridgehead atoms. The average molecular weight is 363 g/mol. The summed E-state index contributed by atoms with van der Waals surface area (Å²) in [5, 5.41) is 0. The van der Waals surface area contributed by atoms with Crippen molar-refractivity contribution in [1.29, 1.82) is 0 Å². The predicted octanol–water partition coefficient (Wildman–Crippen LogP) is 0.854. The predicted molar refractivity (Wildman–Crippen MR) is 98.4 cm³/mol. The lowest BCUT2D eigenvalue weighted by Gasteiger charge is -2.36. The molecular formula is C19H29N3O4. The van der Waals surface area contributed by atoms with Crippen molar-refractivity contribution in [3.63, 3.8) is 0 Å². The van der Waals surface area contributed by atoms with Gasteiger partial charge in [0.15, 0.2) is 0 Å². The van der Waals surface area contributed by atoms with Crippen LogP contribution in [0.1, 0.15) is 18.4 Å². The second-order valence-electron chi connectivity index (χ2n) is 6.88. The zero-order valence-corrected chi connectivity index (χ0v) is 15.6. The van der Waals surface area contributed by atoms with Crippen molar-refractivity contribution in [2.24, 2.45) is 5.73 Å². The first-order valence-corrected chi connectivity index (χ1v) is 9.21. The van der Waals surface area contributed by atoms with E-state index in [4.69, 9.17) is 19.9 Å². The Morgan fingerprint density at radius 2 is 1.77 bits per heavy atom. The van der Waals surface area contributed by atoms with Gasteiger partial charge in [0, 0.05) is 45.3 Å². The van der Waals surface area contributed by atoms with E-state index in [-0.39, 0.29) is 18.1 Å². The van der Waals surface area contributed by atoms with E-state index in [1.807, 2.05) is 23.1 Å². The van der Waals surface area contributed by atoms with Crippen LogP contribution in [0, 0.1) is 0 Å². The van der Waals surface area contributed by atoms with Gasteiger partial charge in [0.05, 0.1) is 20.3 Å². The number of amides is 1. The zero-order chi connectivity index (χ0) is 18.5. The molecule has 144 valence electrons. The summed E-state index contributed by atoms with van der Waals surface area (Å²) in [4.78, 5) is 16.9.